The Hall–Kier alpha value is -2.37. The Morgan fingerprint density at radius 1 is 1.32 bits per heavy atom. The molecule has 0 atom stereocenters. The molecule has 1 aliphatic carbocycles. The van der Waals surface area contributed by atoms with E-state index in [1.54, 1.807) is 12.1 Å². The fraction of sp³-hybridized carbons (Fsp3) is 0.474. The van der Waals surface area contributed by atoms with Gasteiger partial charge in [-0.25, -0.2) is 14.4 Å². The summed E-state index contributed by atoms with van der Waals surface area (Å²) in [5, 5.41) is 6.61. The lowest BCUT2D eigenvalue weighted by atomic mass is 9.96. The molecule has 0 radical (unpaired) electrons. The van der Waals surface area contributed by atoms with Crippen molar-refractivity contribution in [3.05, 3.63) is 53.0 Å². The highest BCUT2D eigenvalue weighted by atomic mass is 19.1. The van der Waals surface area contributed by atoms with Crippen LogP contribution in [0.3, 0.4) is 0 Å². The minimum atomic E-state index is -0.181. The number of hydrogen-bond acceptors (Lipinski definition) is 3. The fourth-order valence-electron chi connectivity index (χ4n) is 2.88. The molecule has 1 aromatic heterocycles. The highest BCUT2D eigenvalue weighted by Gasteiger charge is 2.44. The van der Waals surface area contributed by atoms with Crippen molar-refractivity contribution in [2.75, 3.05) is 13.1 Å². The highest BCUT2D eigenvalue weighted by Crippen LogP contribution is 2.47. The Bertz CT molecular complexity index is 745. The zero-order chi connectivity index (χ0) is 17.9. The van der Waals surface area contributed by atoms with E-state index in [1.165, 1.54) is 6.07 Å². The van der Waals surface area contributed by atoms with E-state index >= 15 is 0 Å². The fourth-order valence-corrected chi connectivity index (χ4v) is 2.88. The summed E-state index contributed by atoms with van der Waals surface area (Å²) < 4.78 is 19.1. The van der Waals surface area contributed by atoms with Crippen molar-refractivity contribution in [1.82, 2.24) is 15.6 Å². The zero-order valence-corrected chi connectivity index (χ0v) is 15.0. The normalized spacial score (nSPS) is 15.9. The van der Waals surface area contributed by atoms with E-state index in [-0.39, 0.29) is 11.2 Å². The summed E-state index contributed by atoms with van der Waals surface area (Å²) in [6.45, 7) is 7.72. The van der Waals surface area contributed by atoms with Gasteiger partial charge in [0.2, 0.25) is 5.89 Å². The first-order valence-corrected chi connectivity index (χ1v) is 8.73. The number of rotatable bonds is 6. The molecule has 1 aromatic carbocycles. The van der Waals surface area contributed by atoms with Gasteiger partial charge in [-0.05, 0) is 51.3 Å². The second-order valence-corrected chi connectivity index (χ2v) is 6.59. The third kappa shape index (κ3) is 4.18. The molecular formula is C19H25FN4O. The number of nitrogens with one attached hydrogen (secondary N) is 2. The summed E-state index contributed by atoms with van der Waals surface area (Å²) in [5.74, 6) is 1.97. The van der Waals surface area contributed by atoms with E-state index in [0.717, 1.165) is 48.9 Å². The van der Waals surface area contributed by atoms with Crippen LogP contribution < -0.4 is 10.6 Å². The average molecular weight is 344 g/mol. The van der Waals surface area contributed by atoms with Gasteiger partial charge in [-0.2, -0.15) is 0 Å². The number of aryl methyl sites for hydroxylation is 2. The standard InChI is InChI=1S/C19H25FN4O/c1-4-21-18(22-11-17-24-13(2)14(3)25-17)23-12-19(8-9-19)15-6-5-7-16(20)10-15/h5-7,10H,4,8-9,11-12H2,1-3H3,(H2,21,22,23). The molecule has 0 unspecified atom stereocenters. The molecule has 5 nitrogen and oxygen atoms in total. The molecule has 2 N–H and O–H groups in total. The van der Waals surface area contributed by atoms with E-state index in [1.807, 2.05) is 26.8 Å². The molecule has 3 rings (SSSR count). The van der Waals surface area contributed by atoms with Crippen molar-refractivity contribution >= 4 is 5.96 Å². The van der Waals surface area contributed by atoms with Crippen LogP contribution >= 0.6 is 0 Å². The maximum absolute atomic E-state index is 13.5. The van der Waals surface area contributed by atoms with Gasteiger partial charge in [0.15, 0.2) is 5.96 Å². The molecule has 2 aromatic rings. The van der Waals surface area contributed by atoms with Crippen molar-refractivity contribution in [3.63, 3.8) is 0 Å². The predicted octanol–water partition coefficient (Wildman–Crippen LogP) is 3.22. The molecule has 0 amide bonds. The summed E-state index contributed by atoms with van der Waals surface area (Å²) in [6.07, 6.45) is 2.11. The topological polar surface area (TPSA) is 62.5 Å². The second kappa shape index (κ2) is 7.25. The first-order chi connectivity index (χ1) is 12.0. The van der Waals surface area contributed by atoms with Crippen LogP contribution in [-0.4, -0.2) is 24.0 Å². The summed E-state index contributed by atoms with van der Waals surface area (Å²) in [5.41, 5.74) is 1.95. The number of halogens is 1. The third-order valence-electron chi connectivity index (χ3n) is 4.67. The minimum Gasteiger partial charge on any atom is -0.444 e. The summed E-state index contributed by atoms with van der Waals surface area (Å²) in [7, 11) is 0. The van der Waals surface area contributed by atoms with E-state index in [4.69, 9.17) is 4.42 Å². The second-order valence-electron chi connectivity index (χ2n) is 6.59. The van der Waals surface area contributed by atoms with Gasteiger partial charge in [-0.1, -0.05) is 12.1 Å². The van der Waals surface area contributed by atoms with E-state index in [9.17, 15) is 4.39 Å². The maximum atomic E-state index is 13.5. The van der Waals surface area contributed by atoms with Gasteiger partial charge in [-0.15, -0.1) is 0 Å². The SMILES string of the molecule is CCNC(=NCc1nc(C)c(C)o1)NCC1(c2cccc(F)c2)CC1. The lowest BCUT2D eigenvalue weighted by Gasteiger charge is -2.19. The maximum Gasteiger partial charge on any atom is 0.216 e. The molecule has 25 heavy (non-hydrogen) atoms. The van der Waals surface area contributed by atoms with Crippen LogP contribution in [0.4, 0.5) is 4.39 Å². The van der Waals surface area contributed by atoms with Gasteiger partial charge < -0.3 is 15.1 Å². The lowest BCUT2D eigenvalue weighted by Crippen LogP contribution is -2.41. The van der Waals surface area contributed by atoms with Crippen molar-refractivity contribution in [3.8, 4) is 0 Å². The van der Waals surface area contributed by atoms with Crippen molar-refractivity contribution in [2.24, 2.45) is 4.99 Å². The summed E-state index contributed by atoms with van der Waals surface area (Å²) in [6, 6.07) is 6.90. The quantitative estimate of drug-likeness (QED) is 0.624. The smallest absolute Gasteiger partial charge is 0.216 e. The number of hydrogen-bond donors (Lipinski definition) is 2. The van der Waals surface area contributed by atoms with Crippen LogP contribution in [0.15, 0.2) is 33.7 Å². The number of nitrogens with zero attached hydrogens (tertiary/aromatic N) is 2. The monoisotopic (exact) mass is 344 g/mol. The van der Waals surface area contributed by atoms with Crippen LogP contribution in [0.25, 0.3) is 0 Å². The molecular weight excluding hydrogens is 319 g/mol. The van der Waals surface area contributed by atoms with Gasteiger partial charge in [-0.3, -0.25) is 0 Å². The van der Waals surface area contributed by atoms with Crippen molar-refractivity contribution in [1.29, 1.82) is 0 Å². The minimum absolute atomic E-state index is 0.00833. The van der Waals surface area contributed by atoms with E-state index in [2.05, 4.69) is 20.6 Å². The number of oxazole rings is 1. The van der Waals surface area contributed by atoms with E-state index in [0.29, 0.717) is 12.4 Å². The largest absolute Gasteiger partial charge is 0.444 e. The molecule has 1 fully saturated rings. The highest BCUT2D eigenvalue weighted by molar-refractivity contribution is 5.79. The number of guanidine groups is 1. The molecule has 1 saturated carbocycles. The van der Waals surface area contributed by atoms with E-state index < -0.39 is 0 Å². The first kappa shape index (κ1) is 17.5. The van der Waals surface area contributed by atoms with Crippen LogP contribution in [0.5, 0.6) is 0 Å². The summed E-state index contributed by atoms with van der Waals surface area (Å²) in [4.78, 5) is 8.89. The number of benzene rings is 1. The van der Waals surface area contributed by atoms with Crippen LogP contribution in [0.2, 0.25) is 0 Å². The average Bonchev–Trinajstić information content (AvgIpc) is 3.31. The van der Waals surface area contributed by atoms with Gasteiger partial charge in [0.1, 0.15) is 18.1 Å². The molecule has 0 spiro atoms. The molecule has 6 heteroatoms. The molecule has 0 bridgehead atoms. The van der Waals surface area contributed by atoms with Crippen LogP contribution in [0.1, 0.15) is 42.7 Å². The van der Waals surface area contributed by atoms with Crippen molar-refractivity contribution < 1.29 is 8.81 Å². The predicted molar refractivity (Wildman–Crippen MR) is 96.1 cm³/mol. The zero-order valence-electron chi connectivity index (χ0n) is 15.0. The Morgan fingerprint density at radius 2 is 2.12 bits per heavy atom. The number of aliphatic imine (C=N–C) groups is 1. The Balaban J connectivity index is 1.64. The Kier molecular flexibility index (Phi) is 5.06. The summed E-state index contributed by atoms with van der Waals surface area (Å²) >= 11 is 0. The van der Waals surface area contributed by atoms with Crippen LogP contribution in [-0.2, 0) is 12.0 Å². The molecule has 1 aliphatic rings. The van der Waals surface area contributed by atoms with Gasteiger partial charge in [0.25, 0.3) is 0 Å². The van der Waals surface area contributed by atoms with Gasteiger partial charge in [0.05, 0.1) is 5.69 Å². The third-order valence-corrected chi connectivity index (χ3v) is 4.67. The first-order valence-electron chi connectivity index (χ1n) is 8.73. The van der Waals surface area contributed by atoms with Gasteiger partial charge in [0, 0.05) is 18.5 Å². The Morgan fingerprint density at radius 3 is 2.72 bits per heavy atom. The molecule has 1 heterocycles. The molecule has 0 saturated heterocycles. The van der Waals surface area contributed by atoms with Gasteiger partial charge >= 0.3 is 0 Å². The van der Waals surface area contributed by atoms with Crippen LogP contribution in [0, 0.1) is 19.7 Å². The Labute approximate surface area is 147 Å². The molecule has 0 aliphatic heterocycles. The lowest BCUT2D eigenvalue weighted by molar-refractivity contribution is 0.472. The molecule has 134 valence electrons. The number of aromatic nitrogens is 1. The van der Waals surface area contributed by atoms with Crippen molar-refractivity contribution in [2.45, 2.75) is 45.6 Å².